The lowest BCUT2D eigenvalue weighted by Crippen LogP contribution is -2.34. The highest BCUT2D eigenvalue weighted by Crippen LogP contribution is 2.32. The van der Waals surface area contributed by atoms with Crippen LogP contribution in [0.5, 0.6) is 5.75 Å². The third-order valence-corrected chi connectivity index (χ3v) is 3.71. The Morgan fingerprint density at radius 1 is 1.24 bits per heavy atom. The summed E-state index contributed by atoms with van der Waals surface area (Å²) in [5.74, 6) is 0.261. The molecule has 136 valence electrons. The molecule has 2 rings (SSSR count). The zero-order valence-electron chi connectivity index (χ0n) is 15.0. The lowest BCUT2D eigenvalue weighted by Gasteiger charge is -2.25. The first-order valence-corrected chi connectivity index (χ1v) is 8.24. The monoisotopic (exact) mass is 350 g/mol. The van der Waals surface area contributed by atoms with Gasteiger partial charge in [0.15, 0.2) is 0 Å². The number of nitrogens with zero attached hydrogens (tertiary/aromatic N) is 2. The molecule has 0 aromatic carbocycles. The Bertz CT molecular complexity index is 718. The lowest BCUT2D eigenvalue weighted by atomic mass is 9.95. The zero-order chi connectivity index (χ0) is 18.6. The Morgan fingerprint density at radius 3 is 2.56 bits per heavy atom. The van der Waals surface area contributed by atoms with Crippen molar-refractivity contribution in [1.82, 2.24) is 9.97 Å². The minimum absolute atomic E-state index is 0.00596. The number of ether oxygens (including phenoxy) is 1. The highest BCUT2D eigenvalue weighted by molar-refractivity contribution is 5.61. The summed E-state index contributed by atoms with van der Waals surface area (Å²) in [5.41, 5.74) is 0.603. The van der Waals surface area contributed by atoms with Crippen LogP contribution >= 0.6 is 0 Å². The van der Waals surface area contributed by atoms with Crippen molar-refractivity contribution in [1.29, 1.82) is 0 Å². The number of alkyl halides is 2. The fourth-order valence-electron chi connectivity index (χ4n) is 2.78. The van der Waals surface area contributed by atoms with Gasteiger partial charge in [-0.1, -0.05) is 13.8 Å². The molecule has 0 aliphatic rings. The number of pyridine rings is 2. The van der Waals surface area contributed by atoms with Crippen molar-refractivity contribution >= 4 is 0 Å². The van der Waals surface area contributed by atoms with E-state index in [2.05, 4.69) is 9.97 Å². The molecule has 0 fully saturated rings. The summed E-state index contributed by atoms with van der Waals surface area (Å²) < 4.78 is 32.4. The summed E-state index contributed by atoms with van der Waals surface area (Å²) >= 11 is 0. The van der Waals surface area contributed by atoms with Crippen molar-refractivity contribution in [2.24, 2.45) is 5.92 Å². The first-order chi connectivity index (χ1) is 11.7. The van der Waals surface area contributed by atoms with Crippen LogP contribution in [0.1, 0.15) is 44.9 Å². The smallest absolute Gasteiger partial charge is 0.267 e. The Balaban J connectivity index is 2.25. The summed E-state index contributed by atoms with van der Waals surface area (Å²) in [6.45, 7) is 7.35. The van der Waals surface area contributed by atoms with Gasteiger partial charge >= 0.3 is 0 Å². The highest BCUT2D eigenvalue weighted by Gasteiger charge is 2.25. The number of aliphatic hydroxyl groups is 1. The third kappa shape index (κ3) is 5.46. The number of aromatic nitrogens is 2. The van der Waals surface area contributed by atoms with Gasteiger partial charge in [0.2, 0.25) is 0 Å². The molecule has 2 aromatic rings. The van der Waals surface area contributed by atoms with Gasteiger partial charge in [-0.15, -0.1) is 0 Å². The van der Waals surface area contributed by atoms with Crippen LogP contribution < -0.4 is 4.74 Å². The van der Waals surface area contributed by atoms with Crippen LogP contribution in [0.4, 0.5) is 8.78 Å². The molecule has 0 aliphatic heterocycles. The summed E-state index contributed by atoms with van der Waals surface area (Å²) in [6, 6.07) is 4.83. The van der Waals surface area contributed by atoms with Crippen molar-refractivity contribution in [3.63, 3.8) is 0 Å². The van der Waals surface area contributed by atoms with Crippen LogP contribution in [0.15, 0.2) is 30.6 Å². The van der Waals surface area contributed by atoms with Gasteiger partial charge in [0.1, 0.15) is 12.4 Å². The van der Waals surface area contributed by atoms with Gasteiger partial charge in [0, 0.05) is 17.5 Å². The van der Waals surface area contributed by atoms with E-state index in [1.807, 2.05) is 20.8 Å². The van der Waals surface area contributed by atoms with Gasteiger partial charge in [0.05, 0.1) is 23.1 Å². The van der Waals surface area contributed by atoms with Crippen molar-refractivity contribution in [2.45, 2.75) is 46.1 Å². The second-order valence-electron chi connectivity index (χ2n) is 6.98. The van der Waals surface area contributed by atoms with Gasteiger partial charge in [-0.3, -0.25) is 9.97 Å². The zero-order valence-corrected chi connectivity index (χ0v) is 15.0. The molecule has 0 radical (unpaired) electrons. The van der Waals surface area contributed by atoms with Crippen molar-refractivity contribution < 1.29 is 18.6 Å². The molecule has 2 aromatic heterocycles. The lowest BCUT2D eigenvalue weighted by molar-refractivity contribution is -0.00656. The SMILES string of the molecule is Cc1cc(-c2cc(C(F)F)c(OCC(C)(O)CC(C)C)cn2)ccn1. The standard InChI is InChI=1S/C19H24F2N2O2/c1-12(2)9-19(4,24)11-25-17-10-23-16(8-15(17)18(20)21)14-5-6-22-13(3)7-14/h5-8,10,12,18,24H,9,11H2,1-4H3. The molecule has 6 heteroatoms. The largest absolute Gasteiger partial charge is 0.488 e. The topological polar surface area (TPSA) is 55.2 Å². The summed E-state index contributed by atoms with van der Waals surface area (Å²) in [4.78, 5) is 8.32. The van der Waals surface area contributed by atoms with E-state index in [4.69, 9.17) is 4.74 Å². The van der Waals surface area contributed by atoms with E-state index in [1.54, 1.807) is 25.3 Å². The molecular formula is C19H24F2N2O2. The predicted octanol–water partition coefficient (Wildman–Crippen LogP) is 4.57. The van der Waals surface area contributed by atoms with Crippen LogP contribution in [0.3, 0.4) is 0 Å². The van der Waals surface area contributed by atoms with Crippen LogP contribution in [0, 0.1) is 12.8 Å². The molecule has 0 saturated heterocycles. The predicted molar refractivity (Wildman–Crippen MR) is 92.7 cm³/mol. The summed E-state index contributed by atoms with van der Waals surface area (Å²) in [6.07, 6.45) is 0.716. The van der Waals surface area contributed by atoms with Crippen molar-refractivity contribution in [2.75, 3.05) is 6.61 Å². The molecule has 1 N–H and O–H groups in total. The minimum atomic E-state index is -2.70. The van der Waals surface area contributed by atoms with Gasteiger partial charge in [-0.2, -0.15) is 0 Å². The first kappa shape index (κ1) is 19.2. The van der Waals surface area contributed by atoms with Crippen LogP contribution in [0.2, 0.25) is 0 Å². The van der Waals surface area contributed by atoms with Crippen molar-refractivity contribution in [3.05, 3.63) is 41.9 Å². The average Bonchev–Trinajstić information content (AvgIpc) is 2.51. The van der Waals surface area contributed by atoms with E-state index in [-0.39, 0.29) is 23.8 Å². The van der Waals surface area contributed by atoms with E-state index in [0.29, 0.717) is 17.7 Å². The fourth-order valence-corrected chi connectivity index (χ4v) is 2.78. The van der Waals surface area contributed by atoms with Gasteiger partial charge in [-0.05, 0) is 44.4 Å². The summed E-state index contributed by atoms with van der Waals surface area (Å²) in [5, 5.41) is 10.3. The Labute approximate surface area is 146 Å². The molecule has 2 heterocycles. The average molecular weight is 350 g/mol. The number of rotatable bonds is 7. The van der Waals surface area contributed by atoms with E-state index in [1.165, 1.54) is 12.3 Å². The van der Waals surface area contributed by atoms with Crippen LogP contribution in [-0.2, 0) is 0 Å². The van der Waals surface area contributed by atoms with Gasteiger partial charge < -0.3 is 9.84 Å². The Hall–Kier alpha value is -2.08. The quantitative estimate of drug-likeness (QED) is 0.795. The fraction of sp³-hybridized carbons (Fsp3) is 0.474. The molecule has 1 atom stereocenters. The molecule has 0 spiro atoms. The normalized spacial score (nSPS) is 14.0. The second kappa shape index (κ2) is 7.87. The number of aryl methyl sites for hydroxylation is 1. The minimum Gasteiger partial charge on any atom is -0.488 e. The molecule has 4 nitrogen and oxygen atoms in total. The van der Waals surface area contributed by atoms with Gasteiger partial charge in [-0.25, -0.2) is 8.78 Å². The van der Waals surface area contributed by atoms with Crippen molar-refractivity contribution in [3.8, 4) is 17.0 Å². The molecule has 0 saturated carbocycles. The molecule has 0 amide bonds. The third-order valence-electron chi connectivity index (χ3n) is 3.71. The van der Waals surface area contributed by atoms with Crippen LogP contribution in [0.25, 0.3) is 11.3 Å². The second-order valence-corrected chi connectivity index (χ2v) is 6.98. The Kier molecular flexibility index (Phi) is 6.06. The molecule has 0 bridgehead atoms. The molecular weight excluding hydrogens is 326 g/mol. The van der Waals surface area contributed by atoms with E-state index >= 15 is 0 Å². The van der Waals surface area contributed by atoms with E-state index in [9.17, 15) is 13.9 Å². The number of hydrogen-bond acceptors (Lipinski definition) is 4. The molecule has 1 unspecified atom stereocenters. The first-order valence-electron chi connectivity index (χ1n) is 8.24. The number of hydrogen-bond donors (Lipinski definition) is 1. The summed E-state index contributed by atoms with van der Waals surface area (Å²) in [7, 11) is 0. The van der Waals surface area contributed by atoms with E-state index in [0.717, 1.165) is 5.69 Å². The number of halogens is 2. The maximum absolute atomic E-state index is 13.4. The highest BCUT2D eigenvalue weighted by atomic mass is 19.3. The maximum Gasteiger partial charge on any atom is 0.267 e. The van der Waals surface area contributed by atoms with Gasteiger partial charge in [0.25, 0.3) is 6.43 Å². The van der Waals surface area contributed by atoms with Crippen LogP contribution in [-0.4, -0.2) is 27.3 Å². The molecule has 25 heavy (non-hydrogen) atoms. The Morgan fingerprint density at radius 2 is 1.96 bits per heavy atom. The molecule has 0 aliphatic carbocycles. The van der Waals surface area contributed by atoms with E-state index < -0.39 is 12.0 Å². The maximum atomic E-state index is 13.4.